The third-order valence-corrected chi connectivity index (χ3v) is 7.26. The third kappa shape index (κ3) is 5.91. The van der Waals surface area contributed by atoms with E-state index >= 15 is 0 Å². The highest BCUT2D eigenvalue weighted by Crippen LogP contribution is 2.23. The van der Waals surface area contributed by atoms with E-state index in [2.05, 4.69) is 34.4 Å². The SMILES string of the molecule is CNS(=O)(=O)c1cc(NCc2ccc(C)c(C)c2)cc(C(=O)Nc2cccc(SC)c2)c1. The van der Waals surface area contributed by atoms with Gasteiger partial charge in [0.2, 0.25) is 10.0 Å². The Hall–Kier alpha value is -2.81. The monoisotopic (exact) mass is 469 g/mol. The Morgan fingerprint density at radius 1 is 0.938 bits per heavy atom. The number of aryl methyl sites for hydroxylation is 2. The highest BCUT2D eigenvalue weighted by molar-refractivity contribution is 7.98. The van der Waals surface area contributed by atoms with Crippen molar-refractivity contribution in [2.75, 3.05) is 23.9 Å². The maximum Gasteiger partial charge on any atom is 0.255 e. The lowest BCUT2D eigenvalue weighted by Crippen LogP contribution is -2.20. The molecular formula is C24H27N3O3S2. The summed E-state index contributed by atoms with van der Waals surface area (Å²) in [5.74, 6) is -0.384. The lowest BCUT2D eigenvalue weighted by atomic mass is 10.1. The van der Waals surface area contributed by atoms with Crippen LogP contribution in [0.1, 0.15) is 27.0 Å². The van der Waals surface area contributed by atoms with Gasteiger partial charge in [0, 0.05) is 28.4 Å². The molecule has 168 valence electrons. The quantitative estimate of drug-likeness (QED) is 0.413. The van der Waals surface area contributed by atoms with Gasteiger partial charge in [0.25, 0.3) is 5.91 Å². The molecule has 3 aromatic rings. The number of anilines is 2. The topological polar surface area (TPSA) is 87.3 Å². The second-order valence-electron chi connectivity index (χ2n) is 7.41. The molecule has 0 aliphatic heterocycles. The summed E-state index contributed by atoms with van der Waals surface area (Å²) in [5.41, 5.74) is 4.90. The van der Waals surface area contributed by atoms with Crippen molar-refractivity contribution in [3.8, 4) is 0 Å². The number of thioether (sulfide) groups is 1. The Morgan fingerprint density at radius 3 is 2.41 bits per heavy atom. The summed E-state index contributed by atoms with van der Waals surface area (Å²) >= 11 is 1.57. The van der Waals surface area contributed by atoms with E-state index in [-0.39, 0.29) is 16.4 Å². The van der Waals surface area contributed by atoms with E-state index in [1.54, 1.807) is 23.9 Å². The van der Waals surface area contributed by atoms with Crippen molar-refractivity contribution in [1.29, 1.82) is 0 Å². The molecule has 3 rings (SSSR count). The Labute approximate surface area is 193 Å². The van der Waals surface area contributed by atoms with E-state index in [0.29, 0.717) is 17.9 Å². The first kappa shape index (κ1) is 23.8. The van der Waals surface area contributed by atoms with Gasteiger partial charge in [-0.2, -0.15) is 0 Å². The summed E-state index contributed by atoms with van der Waals surface area (Å²) in [6, 6.07) is 18.2. The molecule has 0 saturated carbocycles. The Kier molecular flexibility index (Phi) is 7.60. The van der Waals surface area contributed by atoms with Gasteiger partial charge < -0.3 is 10.6 Å². The number of rotatable bonds is 8. The fraction of sp³-hybridized carbons (Fsp3) is 0.208. The molecule has 0 atom stereocenters. The van der Waals surface area contributed by atoms with Crippen molar-refractivity contribution in [3.63, 3.8) is 0 Å². The third-order valence-electron chi connectivity index (χ3n) is 5.14. The molecule has 1 amide bonds. The second-order valence-corrected chi connectivity index (χ2v) is 10.2. The molecule has 0 unspecified atom stereocenters. The largest absolute Gasteiger partial charge is 0.381 e. The van der Waals surface area contributed by atoms with Gasteiger partial charge in [0.1, 0.15) is 0 Å². The Morgan fingerprint density at radius 2 is 1.72 bits per heavy atom. The molecule has 0 heterocycles. The Bertz CT molecular complexity index is 1240. The second kappa shape index (κ2) is 10.2. The smallest absolute Gasteiger partial charge is 0.255 e. The van der Waals surface area contributed by atoms with Crippen LogP contribution in [0.3, 0.4) is 0 Å². The van der Waals surface area contributed by atoms with Crippen LogP contribution < -0.4 is 15.4 Å². The minimum atomic E-state index is -3.73. The number of hydrogen-bond acceptors (Lipinski definition) is 5. The number of nitrogens with one attached hydrogen (secondary N) is 3. The van der Waals surface area contributed by atoms with E-state index in [0.717, 1.165) is 10.5 Å². The summed E-state index contributed by atoms with van der Waals surface area (Å²) in [7, 11) is -2.38. The van der Waals surface area contributed by atoms with Crippen molar-refractivity contribution < 1.29 is 13.2 Å². The van der Waals surface area contributed by atoms with Gasteiger partial charge in [0.15, 0.2) is 0 Å². The average Bonchev–Trinajstić information content (AvgIpc) is 2.79. The molecule has 8 heteroatoms. The van der Waals surface area contributed by atoms with Crippen LogP contribution in [-0.2, 0) is 16.6 Å². The molecular weight excluding hydrogens is 442 g/mol. The van der Waals surface area contributed by atoms with E-state index < -0.39 is 10.0 Å². The number of benzene rings is 3. The van der Waals surface area contributed by atoms with Crippen molar-refractivity contribution in [1.82, 2.24) is 4.72 Å². The molecule has 0 radical (unpaired) electrons. The minimum Gasteiger partial charge on any atom is -0.381 e. The lowest BCUT2D eigenvalue weighted by Gasteiger charge is -2.13. The predicted octanol–water partition coefficient (Wildman–Crippen LogP) is 4.80. The molecule has 3 aromatic carbocycles. The normalized spacial score (nSPS) is 11.2. The van der Waals surface area contributed by atoms with Crippen molar-refractivity contribution in [2.45, 2.75) is 30.2 Å². The molecule has 0 spiro atoms. The standard InChI is InChI=1S/C24H27N3O3S2/c1-16-8-9-18(10-17(16)2)15-26-21-11-19(12-23(14-21)32(29,30)25-3)24(28)27-20-6-5-7-22(13-20)31-4/h5-14,25-26H,15H2,1-4H3,(H,27,28). The fourth-order valence-electron chi connectivity index (χ4n) is 3.13. The van der Waals surface area contributed by atoms with Crippen LogP contribution in [0, 0.1) is 13.8 Å². The zero-order chi connectivity index (χ0) is 23.3. The first-order valence-corrected chi connectivity index (χ1v) is 12.8. The summed E-state index contributed by atoms with van der Waals surface area (Å²) in [6.45, 7) is 4.60. The van der Waals surface area contributed by atoms with Gasteiger partial charge >= 0.3 is 0 Å². The maximum atomic E-state index is 12.9. The highest BCUT2D eigenvalue weighted by Gasteiger charge is 2.17. The molecule has 32 heavy (non-hydrogen) atoms. The van der Waals surface area contributed by atoms with Crippen LogP contribution in [0.2, 0.25) is 0 Å². The van der Waals surface area contributed by atoms with Gasteiger partial charge in [-0.1, -0.05) is 24.3 Å². The zero-order valence-electron chi connectivity index (χ0n) is 18.5. The van der Waals surface area contributed by atoms with Crippen LogP contribution in [0.4, 0.5) is 11.4 Å². The fourth-order valence-corrected chi connectivity index (χ4v) is 4.39. The molecule has 0 aliphatic carbocycles. The predicted molar refractivity (Wildman–Crippen MR) is 132 cm³/mol. The van der Waals surface area contributed by atoms with E-state index in [4.69, 9.17) is 0 Å². The first-order chi connectivity index (χ1) is 15.2. The van der Waals surface area contributed by atoms with Gasteiger partial charge in [-0.3, -0.25) is 4.79 Å². The summed E-state index contributed by atoms with van der Waals surface area (Å²) in [4.78, 5) is 14.0. The molecule has 0 aliphatic rings. The van der Waals surface area contributed by atoms with Crippen LogP contribution in [0.5, 0.6) is 0 Å². The molecule has 6 nitrogen and oxygen atoms in total. The van der Waals surface area contributed by atoms with Gasteiger partial charge in [-0.25, -0.2) is 13.1 Å². The number of sulfonamides is 1. The minimum absolute atomic E-state index is 0.0214. The number of hydrogen-bond donors (Lipinski definition) is 3. The van der Waals surface area contributed by atoms with Gasteiger partial charge in [-0.15, -0.1) is 11.8 Å². The van der Waals surface area contributed by atoms with Crippen molar-refractivity contribution in [2.24, 2.45) is 0 Å². The number of amides is 1. The lowest BCUT2D eigenvalue weighted by molar-refractivity contribution is 0.102. The Balaban J connectivity index is 1.89. The van der Waals surface area contributed by atoms with Crippen LogP contribution in [0.15, 0.2) is 70.5 Å². The summed E-state index contributed by atoms with van der Waals surface area (Å²) in [5, 5.41) is 6.10. The van der Waals surface area contributed by atoms with E-state index in [9.17, 15) is 13.2 Å². The zero-order valence-corrected chi connectivity index (χ0v) is 20.2. The van der Waals surface area contributed by atoms with Gasteiger partial charge in [-0.05, 0) is 80.2 Å². The van der Waals surface area contributed by atoms with E-state index in [1.165, 1.54) is 30.3 Å². The number of carbonyl (C=O) groups excluding carboxylic acids is 1. The summed E-state index contributed by atoms with van der Waals surface area (Å²) in [6.07, 6.45) is 1.96. The van der Waals surface area contributed by atoms with Crippen LogP contribution in [0.25, 0.3) is 0 Å². The average molecular weight is 470 g/mol. The van der Waals surface area contributed by atoms with Crippen molar-refractivity contribution in [3.05, 3.63) is 82.9 Å². The molecule has 0 aromatic heterocycles. The molecule has 3 N–H and O–H groups in total. The first-order valence-electron chi connectivity index (χ1n) is 10.1. The molecule has 0 saturated heterocycles. The van der Waals surface area contributed by atoms with E-state index in [1.807, 2.05) is 37.4 Å². The highest BCUT2D eigenvalue weighted by atomic mass is 32.2. The number of carbonyl (C=O) groups is 1. The van der Waals surface area contributed by atoms with Crippen molar-refractivity contribution >= 4 is 39.1 Å². The van der Waals surface area contributed by atoms with Gasteiger partial charge in [0.05, 0.1) is 4.90 Å². The van der Waals surface area contributed by atoms with Crippen LogP contribution in [-0.4, -0.2) is 27.6 Å². The molecule has 0 bridgehead atoms. The molecule has 0 fully saturated rings. The summed E-state index contributed by atoms with van der Waals surface area (Å²) < 4.78 is 27.2. The maximum absolute atomic E-state index is 12.9. The van der Waals surface area contributed by atoms with Crippen LogP contribution >= 0.6 is 11.8 Å².